The quantitative estimate of drug-likeness (QED) is 0.827. The first-order chi connectivity index (χ1) is 10.1. The van der Waals surface area contributed by atoms with Crippen molar-refractivity contribution in [2.45, 2.75) is 20.0 Å². The average molecular weight is 289 g/mol. The number of carboxylic acids is 1. The molecule has 0 radical (unpaired) electrons. The van der Waals surface area contributed by atoms with E-state index >= 15 is 0 Å². The minimum atomic E-state index is -1.17. The van der Waals surface area contributed by atoms with Crippen LogP contribution in [0.15, 0.2) is 30.7 Å². The molecule has 0 aliphatic heterocycles. The van der Waals surface area contributed by atoms with Gasteiger partial charge in [0, 0.05) is 25.5 Å². The monoisotopic (exact) mass is 289 g/mol. The molecular weight excluding hydrogens is 274 g/mol. The van der Waals surface area contributed by atoms with Gasteiger partial charge in [-0.25, -0.2) is 9.48 Å². The van der Waals surface area contributed by atoms with Crippen LogP contribution in [0.1, 0.15) is 23.0 Å². The number of amides is 1. The summed E-state index contributed by atoms with van der Waals surface area (Å²) in [4.78, 5) is 28.5. The van der Waals surface area contributed by atoms with E-state index in [2.05, 4.69) is 15.3 Å². The summed E-state index contributed by atoms with van der Waals surface area (Å²) in [6.45, 7) is 2.85. The lowest BCUT2D eigenvalue weighted by Gasteiger charge is -2.20. The van der Waals surface area contributed by atoms with Crippen molar-refractivity contribution in [3.8, 4) is 0 Å². The maximum atomic E-state index is 12.2. The molecule has 0 aliphatic rings. The standard InChI is InChI=1S/C13H15N5O3/c1-2-17(7-10-3-5-14-6-4-10)12(19)9-18-8-11(13(20)21)15-16-18/h3-6,8H,2,7,9H2,1H3,(H,20,21). The molecule has 0 aromatic carbocycles. The topological polar surface area (TPSA) is 101 Å². The van der Waals surface area contributed by atoms with Crippen molar-refractivity contribution < 1.29 is 14.7 Å². The second kappa shape index (κ2) is 6.60. The first-order valence-corrected chi connectivity index (χ1v) is 6.40. The van der Waals surface area contributed by atoms with E-state index in [0.29, 0.717) is 13.1 Å². The van der Waals surface area contributed by atoms with Crippen molar-refractivity contribution in [1.82, 2.24) is 24.9 Å². The lowest BCUT2D eigenvalue weighted by Crippen LogP contribution is -2.33. The van der Waals surface area contributed by atoms with Crippen LogP contribution < -0.4 is 0 Å². The molecule has 0 spiro atoms. The zero-order chi connectivity index (χ0) is 15.2. The van der Waals surface area contributed by atoms with Crippen LogP contribution in [0.3, 0.4) is 0 Å². The van der Waals surface area contributed by atoms with Crippen molar-refractivity contribution in [2.24, 2.45) is 0 Å². The van der Waals surface area contributed by atoms with Crippen molar-refractivity contribution >= 4 is 11.9 Å². The second-order valence-corrected chi connectivity index (χ2v) is 4.37. The summed E-state index contributed by atoms with van der Waals surface area (Å²) < 4.78 is 1.22. The summed E-state index contributed by atoms with van der Waals surface area (Å²) in [6.07, 6.45) is 4.58. The highest BCUT2D eigenvalue weighted by molar-refractivity contribution is 5.84. The third-order valence-corrected chi connectivity index (χ3v) is 2.91. The van der Waals surface area contributed by atoms with Crippen LogP contribution in [0.2, 0.25) is 0 Å². The van der Waals surface area contributed by atoms with Crippen LogP contribution >= 0.6 is 0 Å². The molecule has 2 heterocycles. The number of pyridine rings is 1. The Labute approximate surface area is 121 Å². The average Bonchev–Trinajstić information content (AvgIpc) is 2.94. The van der Waals surface area contributed by atoms with Crippen LogP contribution in [-0.2, 0) is 17.9 Å². The molecule has 0 bridgehead atoms. The number of carbonyl (C=O) groups excluding carboxylic acids is 1. The van der Waals surface area contributed by atoms with Gasteiger partial charge in [-0.3, -0.25) is 9.78 Å². The van der Waals surface area contributed by atoms with E-state index in [9.17, 15) is 9.59 Å². The van der Waals surface area contributed by atoms with E-state index in [4.69, 9.17) is 5.11 Å². The van der Waals surface area contributed by atoms with Crippen molar-refractivity contribution in [1.29, 1.82) is 0 Å². The molecule has 0 unspecified atom stereocenters. The zero-order valence-electron chi connectivity index (χ0n) is 11.5. The van der Waals surface area contributed by atoms with Crippen LogP contribution in [-0.4, -0.2) is 48.4 Å². The first kappa shape index (κ1) is 14.6. The lowest BCUT2D eigenvalue weighted by molar-refractivity contribution is -0.132. The van der Waals surface area contributed by atoms with E-state index in [0.717, 1.165) is 5.56 Å². The Morgan fingerprint density at radius 1 is 1.33 bits per heavy atom. The van der Waals surface area contributed by atoms with Gasteiger partial charge in [-0.2, -0.15) is 0 Å². The Bertz CT molecular complexity index is 626. The molecule has 1 N–H and O–H groups in total. The fourth-order valence-electron chi connectivity index (χ4n) is 1.80. The van der Waals surface area contributed by atoms with Gasteiger partial charge in [0.15, 0.2) is 5.69 Å². The zero-order valence-corrected chi connectivity index (χ0v) is 11.5. The number of hydrogen-bond acceptors (Lipinski definition) is 5. The van der Waals surface area contributed by atoms with E-state index in [1.165, 1.54) is 10.9 Å². The van der Waals surface area contributed by atoms with Crippen LogP contribution in [0.5, 0.6) is 0 Å². The SMILES string of the molecule is CCN(Cc1ccncc1)C(=O)Cn1cc(C(=O)O)nn1. The molecule has 1 amide bonds. The van der Waals surface area contributed by atoms with Gasteiger partial charge >= 0.3 is 5.97 Å². The van der Waals surface area contributed by atoms with E-state index < -0.39 is 5.97 Å². The van der Waals surface area contributed by atoms with Gasteiger partial charge < -0.3 is 10.0 Å². The Morgan fingerprint density at radius 2 is 2.05 bits per heavy atom. The number of rotatable bonds is 6. The molecule has 0 aliphatic carbocycles. The number of carboxylic acid groups (broad SMARTS) is 1. The summed E-state index contributed by atoms with van der Waals surface area (Å²) in [5.74, 6) is -1.33. The molecule has 2 rings (SSSR count). The van der Waals surface area contributed by atoms with Crippen molar-refractivity contribution in [3.63, 3.8) is 0 Å². The lowest BCUT2D eigenvalue weighted by atomic mass is 10.2. The fourth-order valence-corrected chi connectivity index (χ4v) is 1.80. The molecule has 8 nitrogen and oxygen atoms in total. The first-order valence-electron chi connectivity index (χ1n) is 6.40. The fraction of sp³-hybridized carbons (Fsp3) is 0.308. The maximum absolute atomic E-state index is 12.2. The van der Waals surface area contributed by atoms with Gasteiger partial charge in [0.05, 0.1) is 6.20 Å². The number of aromatic carboxylic acids is 1. The van der Waals surface area contributed by atoms with Crippen LogP contribution in [0.4, 0.5) is 0 Å². The third kappa shape index (κ3) is 3.85. The summed E-state index contributed by atoms with van der Waals surface area (Å²) in [5, 5.41) is 15.9. The number of hydrogen-bond donors (Lipinski definition) is 1. The second-order valence-electron chi connectivity index (χ2n) is 4.37. The molecular formula is C13H15N5O3. The number of nitrogens with zero attached hydrogens (tertiary/aromatic N) is 5. The molecule has 110 valence electrons. The number of carbonyl (C=O) groups is 2. The molecule has 0 saturated heterocycles. The molecule has 21 heavy (non-hydrogen) atoms. The van der Waals surface area contributed by atoms with E-state index in [1.807, 2.05) is 19.1 Å². The van der Waals surface area contributed by atoms with Crippen LogP contribution in [0, 0.1) is 0 Å². The van der Waals surface area contributed by atoms with Gasteiger partial charge in [0.1, 0.15) is 6.54 Å². The summed E-state index contributed by atoms with van der Waals surface area (Å²) in [6, 6.07) is 3.68. The predicted octanol–water partition coefficient (Wildman–Crippen LogP) is 0.420. The van der Waals surface area contributed by atoms with Gasteiger partial charge in [0.25, 0.3) is 0 Å². The van der Waals surface area contributed by atoms with Crippen molar-refractivity contribution in [2.75, 3.05) is 6.54 Å². The number of likely N-dealkylation sites (N-methyl/N-ethyl adjacent to an activating group) is 1. The Kier molecular flexibility index (Phi) is 4.60. The largest absolute Gasteiger partial charge is 0.476 e. The Balaban J connectivity index is 2.01. The van der Waals surface area contributed by atoms with Gasteiger partial charge in [-0.15, -0.1) is 5.10 Å². The summed E-state index contributed by atoms with van der Waals surface area (Å²) in [7, 11) is 0. The highest BCUT2D eigenvalue weighted by atomic mass is 16.4. The molecule has 2 aromatic rings. The highest BCUT2D eigenvalue weighted by Gasteiger charge is 2.15. The minimum Gasteiger partial charge on any atom is -0.476 e. The van der Waals surface area contributed by atoms with Gasteiger partial charge in [-0.1, -0.05) is 5.21 Å². The van der Waals surface area contributed by atoms with Crippen LogP contribution in [0.25, 0.3) is 0 Å². The molecule has 8 heteroatoms. The molecule has 0 fully saturated rings. The molecule has 0 atom stereocenters. The third-order valence-electron chi connectivity index (χ3n) is 2.91. The molecule has 2 aromatic heterocycles. The Morgan fingerprint density at radius 3 is 2.62 bits per heavy atom. The smallest absolute Gasteiger partial charge is 0.358 e. The Hall–Kier alpha value is -2.77. The predicted molar refractivity (Wildman–Crippen MR) is 72.3 cm³/mol. The van der Waals surface area contributed by atoms with Gasteiger partial charge in [0.2, 0.25) is 5.91 Å². The number of aromatic nitrogens is 4. The summed E-state index contributed by atoms with van der Waals surface area (Å²) in [5.41, 5.74) is 0.796. The van der Waals surface area contributed by atoms with E-state index in [-0.39, 0.29) is 18.1 Å². The highest BCUT2D eigenvalue weighted by Crippen LogP contribution is 2.04. The van der Waals surface area contributed by atoms with Gasteiger partial charge in [-0.05, 0) is 24.6 Å². The maximum Gasteiger partial charge on any atom is 0.358 e. The van der Waals surface area contributed by atoms with Crippen molar-refractivity contribution in [3.05, 3.63) is 42.0 Å². The molecule has 0 saturated carbocycles. The minimum absolute atomic E-state index is 0.0425. The normalized spacial score (nSPS) is 10.3. The summed E-state index contributed by atoms with van der Waals surface area (Å²) >= 11 is 0. The van der Waals surface area contributed by atoms with E-state index in [1.54, 1.807) is 17.3 Å².